The molecular formula is C14H17N5O. The summed E-state index contributed by atoms with van der Waals surface area (Å²) in [6, 6.07) is 9.73. The summed E-state index contributed by atoms with van der Waals surface area (Å²) in [5.41, 5.74) is 0.697. The SMILES string of the molecule is CC(NC(=O)C1(c2ccccc2)CCC1)c1nn[nH]n1. The number of hydrogen-bond donors (Lipinski definition) is 2. The Morgan fingerprint density at radius 3 is 2.65 bits per heavy atom. The number of aromatic nitrogens is 4. The second-order valence-electron chi connectivity index (χ2n) is 5.27. The van der Waals surface area contributed by atoms with Gasteiger partial charge in [-0.15, -0.1) is 10.2 Å². The first-order chi connectivity index (χ1) is 9.72. The van der Waals surface area contributed by atoms with Crippen LogP contribution in [0, 0.1) is 0 Å². The zero-order valence-corrected chi connectivity index (χ0v) is 11.3. The smallest absolute Gasteiger partial charge is 0.231 e. The fourth-order valence-corrected chi connectivity index (χ4v) is 2.69. The molecule has 0 radical (unpaired) electrons. The van der Waals surface area contributed by atoms with Gasteiger partial charge in [-0.25, -0.2) is 0 Å². The minimum atomic E-state index is -0.390. The average molecular weight is 271 g/mol. The van der Waals surface area contributed by atoms with E-state index >= 15 is 0 Å². The van der Waals surface area contributed by atoms with E-state index < -0.39 is 0 Å². The van der Waals surface area contributed by atoms with E-state index in [-0.39, 0.29) is 17.4 Å². The number of carbonyl (C=O) groups is 1. The lowest BCUT2D eigenvalue weighted by Gasteiger charge is -2.41. The Morgan fingerprint density at radius 2 is 2.10 bits per heavy atom. The number of tetrazole rings is 1. The van der Waals surface area contributed by atoms with Crippen LogP contribution in [-0.2, 0) is 10.2 Å². The molecule has 1 unspecified atom stereocenters. The zero-order valence-electron chi connectivity index (χ0n) is 11.3. The summed E-state index contributed by atoms with van der Waals surface area (Å²) in [7, 11) is 0. The van der Waals surface area contributed by atoms with Gasteiger partial charge in [-0.2, -0.15) is 5.21 Å². The van der Waals surface area contributed by atoms with Gasteiger partial charge in [0.2, 0.25) is 5.91 Å². The average Bonchev–Trinajstić information content (AvgIpc) is 2.92. The molecule has 1 saturated carbocycles. The van der Waals surface area contributed by atoms with Crippen molar-refractivity contribution in [1.29, 1.82) is 0 Å². The number of nitrogens with one attached hydrogen (secondary N) is 2. The molecule has 6 heteroatoms. The third kappa shape index (κ3) is 2.07. The van der Waals surface area contributed by atoms with E-state index in [9.17, 15) is 4.79 Å². The Labute approximate surface area is 117 Å². The molecule has 2 aromatic rings. The van der Waals surface area contributed by atoms with Crippen LogP contribution in [0.5, 0.6) is 0 Å². The van der Waals surface area contributed by atoms with Crippen LogP contribution in [0.25, 0.3) is 0 Å². The number of H-pyrrole nitrogens is 1. The Balaban J connectivity index is 1.78. The molecule has 1 aliphatic rings. The van der Waals surface area contributed by atoms with Gasteiger partial charge in [-0.05, 0) is 25.3 Å². The molecule has 0 bridgehead atoms. The molecule has 0 spiro atoms. The van der Waals surface area contributed by atoms with Crippen LogP contribution in [-0.4, -0.2) is 26.5 Å². The molecule has 1 heterocycles. The highest BCUT2D eigenvalue weighted by Crippen LogP contribution is 2.44. The van der Waals surface area contributed by atoms with E-state index in [2.05, 4.69) is 25.9 Å². The van der Waals surface area contributed by atoms with E-state index in [1.165, 1.54) is 0 Å². The summed E-state index contributed by atoms with van der Waals surface area (Å²) in [5, 5.41) is 16.7. The van der Waals surface area contributed by atoms with Crippen LogP contribution in [0.1, 0.15) is 43.6 Å². The minimum absolute atomic E-state index is 0.0484. The highest BCUT2D eigenvalue weighted by Gasteiger charge is 2.45. The number of aromatic amines is 1. The van der Waals surface area contributed by atoms with Gasteiger partial charge in [0.15, 0.2) is 5.82 Å². The third-order valence-corrected chi connectivity index (χ3v) is 4.06. The first-order valence-corrected chi connectivity index (χ1v) is 6.82. The van der Waals surface area contributed by atoms with E-state index in [1.807, 2.05) is 37.3 Å². The molecule has 20 heavy (non-hydrogen) atoms. The standard InChI is InChI=1S/C14H17N5O/c1-10(12-16-18-19-17-12)15-13(20)14(8-5-9-14)11-6-3-2-4-7-11/h2-4,6-7,10H,5,8-9H2,1H3,(H,15,20)(H,16,17,18,19). The lowest BCUT2D eigenvalue weighted by molar-refractivity contribution is -0.130. The highest BCUT2D eigenvalue weighted by atomic mass is 16.2. The molecule has 0 aliphatic heterocycles. The van der Waals surface area contributed by atoms with Gasteiger partial charge in [0.05, 0.1) is 11.5 Å². The van der Waals surface area contributed by atoms with Gasteiger partial charge in [0, 0.05) is 0 Å². The van der Waals surface area contributed by atoms with Crippen molar-refractivity contribution in [3.8, 4) is 0 Å². The van der Waals surface area contributed by atoms with Crippen LogP contribution in [0.3, 0.4) is 0 Å². The van der Waals surface area contributed by atoms with Crippen LogP contribution < -0.4 is 5.32 Å². The van der Waals surface area contributed by atoms with E-state index in [0.717, 1.165) is 24.8 Å². The summed E-state index contributed by atoms with van der Waals surface area (Å²) < 4.78 is 0. The fourth-order valence-electron chi connectivity index (χ4n) is 2.69. The number of nitrogens with zero attached hydrogens (tertiary/aromatic N) is 3. The molecule has 3 rings (SSSR count). The maximum absolute atomic E-state index is 12.7. The maximum atomic E-state index is 12.7. The lowest BCUT2D eigenvalue weighted by Crippen LogP contribution is -2.49. The van der Waals surface area contributed by atoms with Crippen molar-refractivity contribution >= 4 is 5.91 Å². The number of benzene rings is 1. The Kier molecular flexibility index (Phi) is 3.22. The summed E-state index contributed by atoms with van der Waals surface area (Å²) in [4.78, 5) is 12.7. The van der Waals surface area contributed by atoms with Gasteiger partial charge in [0.25, 0.3) is 0 Å². The van der Waals surface area contributed by atoms with Crippen LogP contribution in [0.15, 0.2) is 30.3 Å². The second-order valence-corrected chi connectivity index (χ2v) is 5.27. The predicted molar refractivity (Wildman–Crippen MR) is 72.7 cm³/mol. The molecular weight excluding hydrogens is 254 g/mol. The van der Waals surface area contributed by atoms with E-state index in [4.69, 9.17) is 0 Å². The highest BCUT2D eigenvalue weighted by molar-refractivity contribution is 5.89. The van der Waals surface area contributed by atoms with Crippen LogP contribution in [0.4, 0.5) is 0 Å². The maximum Gasteiger partial charge on any atom is 0.231 e. The van der Waals surface area contributed by atoms with Crippen LogP contribution in [0.2, 0.25) is 0 Å². The Hall–Kier alpha value is -2.24. The first-order valence-electron chi connectivity index (χ1n) is 6.82. The molecule has 1 aromatic carbocycles. The molecule has 0 saturated heterocycles. The summed E-state index contributed by atoms with van der Waals surface area (Å²) >= 11 is 0. The van der Waals surface area contributed by atoms with E-state index in [1.54, 1.807) is 0 Å². The van der Waals surface area contributed by atoms with Gasteiger partial charge in [0.1, 0.15) is 0 Å². The molecule has 1 fully saturated rings. The fraction of sp³-hybridized carbons (Fsp3) is 0.429. The molecule has 1 aromatic heterocycles. The van der Waals surface area contributed by atoms with Gasteiger partial charge in [-0.3, -0.25) is 4.79 Å². The number of rotatable bonds is 4. The van der Waals surface area contributed by atoms with Gasteiger partial charge < -0.3 is 5.32 Å². The van der Waals surface area contributed by atoms with Crippen molar-refractivity contribution in [2.24, 2.45) is 0 Å². The summed E-state index contributed by atoms with van der Waals surface area (Å²) in [6.07, 6.45) is 2.86. The third-order valence-electron chi connectivity index (χ3n) is 4.06. The van der Waals surface area contributed by atoms with Crippen LogP contribution >= 0.6 is 0 Å². The summed E-state index contributed by atoms with van der Waals surface area (Å²) in [6.45, 7) is 1.86. The normalized spacial score (nSPS) is 18.1. The van der Waals surface area contributed by atoms with Gasteiger partial charge >= 0.3 is 0 Å². The topological polar surface area (TPSA) is 83.6 Å². The number of carbonyl (C=O) groups excluding carboxylic acids is 1. The van der Waals surface area contributed by atoms with Crippen molar-refractivity contribution in [2.75, 3.05) is 0 Å². The first kappa shape index (κ1) is 12.8. The lowest BCUT2D eigenvalue weighted by atomic mass is 9.63. The second kappa shape index (κ2) is 5.03. The molecule has 1 atom stereocenters. The quantitative estimate of drug-likeness (QED) is 0.882. The van der Waals surface area contributed by atoms with Crippen molar-refractivity contribution < 1.29 is 4.79 Å². The number of hydrogen-bond acceptors (Lipinski definition) is 4. The molecule has 2 N–H and O–H groups in total. The molecule has 104 valence electrons. The van der Waals surface area contributed by atoms with Crippen molar-refractivity contribution in [3.05, 3.63) is 41.7 Å². The molecule has 1 amide bonds. The van der Waals surface area contributed by atoms with E-state index in [0.29, 0.717) is 5.82 Å². The Morgan fingerprint density at radius 1 is 1.35 bits per heavy atom. The molecule has 1 aliphatic carbocycles. The largest absolute Gasteiger partial charge is 0.345 e. The predicted octanol–water partition coefficient (Wildman–Crippen LogP) is 1.50. The van der Waals surface area contributed by atoms with Crippen molar-refractivity contribution in [1.82, 2.24) is 25.9 Å². The zero-order chi connectivity index (χ0) is 14.0. The summed E-state index contributed by atoms with van der Waals surface area (Å²) in [5.74, 6) is 0.549. The Bertz CT molecular complexity index is 577. The van der Waals surface area contributed by atoms with Crippen molar-refractivity contribution in [2.45, 2.75) is 37.6 Å². The van der Waals surface area contributed by atoms with Gasteiger partial charge in [-0.1, -0.05) is 42.0 Å². The monoisotopic (exact) mass is 271 g/mol. The molecule has 6 nitrogen and oxygen atoms in total. The number of amides is 1. The van der Waals surface area contributed by atoms with Crippen molar-refractivity contribution in [3.63, 3.8) is 0 Å². The minimum Gasteiger partial charge on any atom is -0.345 e.